The van der Waals surface area contributed by atoms with E-state index in [2.05, 4.69) is 44.3 Å². The molecule has 0 radical (unpaired) electrons. The molecule has 0 saturated heterocycles. The second-order valence-electron chi connectivity index (χ2n) is 6.18. The normalized spacial score (nSPS) is 23.6. The van der Waals surface area contributed by atoms with E-state index in [0.717, 1.165) is 19.3 Å². The van der Waals surface area contributed by atoms with Crippen LogP contribution >= 0.6 is 0 Å². The lowest BCUT2D eigenvalue weighted by Crippen LogP contribution is -2.36. The SMILES string of the molecule is Cc1cc(C)cc(C(C)NC(=O)[C@@H]2CCC[C@@H]2CN)c1. The fourth-order valence-electron chi connectivity index (χ4n) is 3.33. The molecule has 0 aromatic heterocycles. The van der Waals surface area contributed by atoms with Gasteiger partial charge in [-0.15, -0.1) is 0 Å². The lowest BCUT2D eigenvalue weighted by Gasteiger charge is -2.21. The van der Waals surface area contributed by atoms with Crippen LogP contribution in [0.25, 0.3) is 0 Å². The van der Waals surface area contributed by atoms with Crippen molar-refractivity contribution >= 4 is 5.91 Å². The minimum atomic E-state index is 0.0557. The van der Waals surface area contributed by atoms with Crippen LogP contribution in [0.2, 0.25) is 0 Å². The predicted octanol–water partition coefficient (Wildman–Crippen LogP) is 2.86. The highest BCUT2D eigenvalue weighted by Gasteiger charge is 2.32. The summed E-state index contributed by atoms with van der Waals surface area (Å²) in [7, 11) is 0. The first-order valence-electron chi connectivity index (χ1n) is 7.60. The molecule has 110 valence electrons. The summed E-state index contributed by atoms with van der Waals surface area (Å²) in [6, 6.07) is 6.50. The molecule has 0 aliphatic heterocycles. The van der Waals surface area contributed by atoms with Crippen LogP contribution in [0.5, 0.6) is 0 Å². The van der Waals surface area contributed by atoms with Crippen LogP contribution in [0.1, 0.15) is 48.9 Å². The fraction of sp³-hybridized carbons (Fsp3) is 0.588. The van der Waals surface area contributed by atoms with E-state index in [4.69, 9.17) is 5.73 Å². The van der Waals surface area contributed by atoms with Crippen LogP contribution in [0.3, 0.4) is 0 Å². The van der Waals surface area contributed by atoms with Crippen LogP contribution in [0.15, 0.2) is 18.2 Å². The van der Waals surface area contributed by atoms with Crippen LogP contribution in [-0.4, -0.2) is 12.5 Å². The van der Waals surface area contributed by atoms with E-state index in [0.29, 0.717) is 12.5 Å². The van der Waals surface area contributed by atoms with Crippen molar-refractivity contribution in [3.63, 3.8) is 0 Å². The van der Waals surface area contributed by atoms with E-state index in [-0.39, 0.29) is 17.9 Å². The fourth-order valence-corrected chi connectivity index (χ4v) is 3.33. The molecule has 3 N–H and O–H groups in total. The zero-order valence-corrected chi connectivity index (χ0v) is 12.8. The van der Waals surface area contributed by atoms with Gasteiger partial charge in [0.25, 0.3) is 0 Å². The molecule has 2 rings (SSSR count). The zero-order chi connectivity index (χ0) is 14.7. The average molecular weight is 274 g/mol. The monoisotopic (exact) mass is 274 g/mol. The van der Waals surface area contributed by atoms with Gasteiger partial charge in [-0.25, -0.2) is 0 Å². The second-order valence-corrected chi connectivity index (χ2v) is 6.18. The zero-order valence-electron chi connectivity index (χ0n) is 12.8. The van der Waals surface area contributed by atoms with Gasteiger partial charge in [-0.2, -0.15) is 0 Å². The largest absolute Gasteiger partial charge is 0.349 e. The Balaban J connectivity index is 2.03. The summed E-state index contributed by atoms with van der Waals surface area (Å²) in [6.07, 6.45) is 3.19. The molecule has 1 fully saturated rings. The number of nitrogens with one attached hydrogen (secondary N) is 1. The molecular formula is C17H26N2O. The summed E-state index contributed by atoms with van der Waals surface area (Å²) in [4.78, 5) is 12.4. The Labute approximate surface area is 121 Å². The highest BCUT2D eigenvalue weighted by molar-refractivity contribution is 5.79. The van der Waals surface area contributed by atoms with Crippen LogP contribution < -0.4 is 11.1 Å². The lowest BCUT2D eigenvalue weighted by molar-refractivity contribution is -0.126. The number of rotatable bonds is 4. The van der Waals surface area contributed by atoms with Gasteiger partial charge in [-0.1, -0.05) is 35.7 Å². The Kier molecular flexibility index (Phi) is 4.81. The van der Waals surface area contributed by atoms with E-state index in [1.54, 1.807) is 0 Å². The van der Waals surface area contributed by atoms with E-state index >= 15 is 0 Å². The molecule has 3 heteroatoms. The van der Waals surface area contributed by atoms with Gasteiger partial charge in [0.2, 0.25) is 5.91 Å². The maximum Gasteiger partial charge on any atom is 0.223 e. The van der Waals surface area contributed by atoms with Crippen molar-refractivity contribution < 1.29 is 4.79 Å². The average Bonchev–Trinajstić information content (AvgIpc) is 2.85. The second kappa shape index (κ2) is 6.40. The number of nitrogens with two attached hydrogens (primary N) is 1. The predicted molar refractivity (Wildman–Crippen MR) is 82.4 cm³/mol. The number of hydrogen-bond donors (Lipinski definition) is 2. The Morgan fingerprint density at radius 1 is 1.30 bits per heavy atom. The van der Waals surface area contributed by atoms with Crippen molar-refractivity contribution in [1.82, 2.24) is 5.32 Å². The highest BCUT2D eigenvalue weighted by atomic mass is 16.2. The molecule has 0 spiro atoms. The number of carbonyl (C=O) groups excluding carboxylic acids is 1. The van der Waals surface area contributed by atoms with E-state index in [1.807, 2.05) is 0 Å². The van der Waals surface area contributed by atoms with Gasteiger partial charge in [0.15, 0.2) is 0 Å². The molecule has 0 bridgehead atoms. The molecule has 0 heterocycles. The van der Waals surface area contributed by atoms with Crippen molar-refractivity contribution in [2.75, 3.05) is 6.54 Å². The molecule has 1 amide bonds. The topological polar surface area (TPSA) is 55.1 Å². The van der Waals surface area contributed by atoms with Gasteiger partial charge < -0.3 is 11.1 Å². The van der Waals surface area contributed by atoms with Crippen molar-refractivity contribution in [3.05, 3.63) is 34.9 Å². The summed E-state index contributed by atoms with van der Waals surface area (Å²) in [6.45, 7) is 6.85. The molecule has 1 aromatic rings. The van der Waals surface area contributed by atoms with E-state index in [1.165, 1.54) is 16.7 Å². The Hall–Kier alpha value is -1.35. The number of benzene rings is 1. The third-order valence-corrected chi connectivity index (χ3v) is 4.40. The number of aryl methyl sites for hydroxylation is 2. The minimum Gasteiger partial charge on any atom is -0.349 e. The maximum absolute atomic E-state index is 12.4. The van der Waals surface area contributed by atoms with Gasteiger partial charge in [-0.05, 0) is 51.6 Å². The number of amides is 1. The molecule has 3 atom stereocenters. The van der Waals surface area contributed by atoms with Gasteiger partial charge in [0.05, 0.1) is 6.04 Å². The molecule has 1 saturated carbocycles. The summed E-state index contributed by atoms with van der Waals surface area (Å²) in [5.74, 6) is 0.638. The Morgan fingerprint density at radius 3 is 2.55 bits per heavy atom. The highest BCUT2D eigenvalue weighted by Crippen LogP contribution is 2.31. The standard InChI is InChI=1S/C17H26N2O/c1-11-7-12(2)9-15(8-11)13(3)19-17(20)16-6-4-5-14(16)10-18/h7-9,13-14,16H,4-6,10,18H2,1-3H3,(H,19,20)/t13?,14-,16-/m1/s1. The Morgan fingerprint density at radius 2 is 1.95 bits per heavy atom. The van der Waals surface area contributed by atoms with Crippen LogP contribution in [-0.2, 0) is 4.79 Å². The number of hydrogen-bond acceptors (Lipinski definition) is 2. The first-order valence-corrected chi connectivity index (χ1v) is 7.60. The summed E-state index contributed by atoms with van der Waals surface area (Å²) < 4.78 is 0. The third-order valence-electron chi connectivity index (χ3n) is 4.40. The van der Waals surface area contributed by atoms with E-state index < -0.39 is 0 Å². The molecule has 1 unspecified atom stereocenters. The minimum absolute atomic E-state index is 0.0557. The van der Waals surface area contributed by atoms with Gasteiger partial charge >= 0.3 is 0 Å². The first-order chi connectivity index (χ1) is 9.51. The molecule has 3 nitrogen and oxygen atoms in total. The quantitative estimate of drug-likeness (QED) is 0.887. The van der Waals surface area contributed by atoms with Crippen molar-refractivity contribution in [2.45, 2.75) is 46.1 Å². The summed E-state index contributed by atoms with van der Waals surface area (Å²) >= 11 is 0. The Bertz CT molecular complexity index is 464. The van der Waals surface area contributed by atoms with Crippen LogP contribution in [0, 0.1) is 25.7 Å². The summed E-state index contributed by atoms with van der Waals surface area (Å²) in [5, 5.41) is 3.16. The van der Waals surface area contributed by atoms with Gasteiger partial charge in [-0.3, -0.25) is 4.79 Å². The number of carbonyl (C=O) groups is 1. The van der Waals surface area contributed by atoms with Crippen molar-refractivity contribution in [2.24, 2.45) is 17.6 Å². The van der Waals surface area contributed by atoms with Gasteiger partial charge in [0, 0.05) is 5.92 Å². The van der Waals surface area contributed by atoms with Crippen LogP contribution in [0.4, 0.5) is 0 Å². The van der Waals surface area contributed by atoms with Crippen molar-refractivity contribution in [3.8, 4) is 0 Å². The van der Waals surface area contributed by atoms with E-state index in [9.17, 15) is 4.79 Å². The molecule has 1 aliphatic rings. The lowest BCUT2D eigenvalue weighted by atomic mass is 9.94. The van der Waals surface area contributed by atoms with Crippen molar-refractivity contribution in [1.29, 1.82) is 0 Å². The molecule has 20 heavy (non-hydrogen) atoms. The summed E-state index contributed by atoms with van der Waals surface area (Å²) in [5.41, 5.74) is 9.42. The maximum atomic E-state index is 12.4. The molecular weight excluding hydrogens is 248 g/mol. The smallest absolute Gasteiger partial charge is 0.223 e. The molecule has 1 aliphatic carbocycles. The van der Waals surface area contributed by atoms with Gasteiger partial charge in [0.1, 0.15) is 0 Å². The first kappa shape index (κ1) is 15.0. The third kappa shape index (κ3) is 3.40. The molecule has 1 aromatic carbocycles.